The van der Waals surface area contributed by atoms with E-state index < -0.39 is 18.0 Å². The molecule has 0 spiro atoms. The summed E-state index contributed by atoms with van der Waals surface area (Å²) in [4.78, 5) is 48.0. The summed E-state index contributed by atoms with van der Waals surface area (Å²) in [5.74, 6) is -0.0795. The highest BCUT2D eigenvalue weighted by Gasteiger charge is 2.37. The number of aromatic amines is 2. The zero-order valence-electron chi connectivity index (χ0n) is 29.4. The first-order valence-corrected chi connectivity index (χ1v) is 17.0. The minimum Gasteiger partial charge on any atom is -0.481 e. The van der Waals surface area contributed by atoms with Crippen molar-refractivity contribution in [2.75, 3.05) is 5.32 Å². The van der Waals surface area contributed by atoms with Crippen LogP contribution in [-0.4, -0.2) is 54.8 Å². The number of aromatic nitrogens is 5. The second-order valence-corrected chi connectivity index (χ2v) is 13.6. The summed E-state index contributed by atoms with van der Waals surface area (Å²) >= 11 is 0. The van der Waals surface area contributed by atoms with Crippen LogP contribution in [0.2, 0.25) is 0 Å². The van der Waals surface area contributed by atoms with E-state index in [2.05, 4.69) is 51.2 Å². The van der Waals surface area contributed by atoms with E-state index in [-0.39, 0.29) is 52.3 Å². The SMILES string of the molecule is [C-]#[N+]c1c(C(=O)OC2C(C)CC(C)CC2C)c2nc(Cc3ccc(NC(=O)C(C)Oc4ccc(C)cc4C)cc3)[nH]n2c1OC(=O)c1ccn[nH]1. The van der Waals surface area contributed by atoms with Gasteiger partial charge in [0.1, 0.15) is 28.9 Å². The van der Waals surface area contributed by atoms with E-state index in [1.54, 1.807) is 19.1 Å². The van der Waals surface area contributed by atoms with Crippen LogP contribution in [0.3, 0.4) is 0 Å². The number of carbonyl (C=O) groups excluding carboxylic acids is 3. The first kappa shape index (κ1) is 34.9. The molecule has 264 valence electrons. The van der Waals surface area contributed by atoms with Crippen LogP contribution < -0.4 is 14.8 Å². The second-order valence-electron chi connectivity index (χ2n) is 13.6. The van der Waals surface area contributed by atoms with Gasteiger partial charge < -0.3 is 19.5 Å². The minimum absolute atomic E-state index is 0.0714. The summed E-state index contributed by atoms with van der Waals surface area (Å²) in [5.41, 5.74) is 3.42. The first-order valence-electron chi connectivity index (χ1n) is 17.0. The smallest absolute Gasteiger partial charge is 0.361 e. The molecule has 1 aliphatic rings. The number of hydrogen-bond donors (Lipinski definition) is 3. The number of H-pyrrole nitrogens is 2. The summed E-state index contributed by atoms with van der Waals surface area (Å²) in [6.07, 6.45) is 2.49. The van der Waals surface area contributed by atoms with Crippen molar-refractivity contribution in [2.24, 2.45) is 17.8 Å². The maximum Gasteiger partial charge on any atom is 0.361 e. The summed E-state index contributed by atoms with van der Waals surface area (Å²) < 4.78 is 19.0. The number of ether oxygens (including phenoxy) is 3. The Morgan fingerprint density at radius 2 is 1.76 bits per heavy atom. The molecular formula is C38H41N7O6. The maximum atomic E-state index is 13.8. The number of nitrogens with one attached hydrogen (secondary N) is 3. The second kappa shape index (κ2) is 14.5. The van der Waals surface area contributed by atoms with Crippen LogP contribution in [-0.2, 0) is 16.0 Å². The number of rotatable bonds is 10. The lowest BCUT2D eigenvalue weighted by Crippen LogP contribution is -2.37. The van der Waals surface area contributed by atoms with Gasteiger partial charge in [0.25, 0.3) is 11.6 Å². The molecule has 3 aromatic heterocycles. The van der Waals surface area contributed by atoms with Gasteiger partial charge >= 0.3 is 11.9 Å². The van der Waals surface area contributed by atoms with Gasteiger partial charge in [-0.15, -0.1) is 0 Å². The van der Waals surface area contributed by atoms with E-state index in [1.807, 2.05) is 44.2 Å². The predicted molar refractivity (Wildman–Crippen MR) is 189 cm³/mol. The summed E-state index contributed by atoms with van der Waals surface area (Å²) in [6, 6.07) is 14.5. The van der Waals surface area contributed by atoms with Gasteiger partial charge in [-0.25, -0.2) is 23.9 Å². The van der Waals surface area contributed by atoms with Gasteiger partial charge in [0.05, 0.1) is 6.57 Å². The Hall–Kier alpha value is -5.90. The molecule has 3 N–H and O–H groups in total. The summed E-state index contributed by atoms with van der Waals surface area (Å²) in [7, 11) is 0. The normalized spacial score (nSPS) is 19.2. The van der Waals surface area contributed by atoms with Crippen LogP contribution >= 0.6 is 0 Å². The van der Waals surface area contributed by atoms with Crippen LogP contribution in [0.15, 0.2) is 54.7 Å². The van der Waals surface area contributed by atoms with Crippen molar-refractivity contribution in [3.05, 3.63) is 99.9 Å². The molecule has 1 amide bonds. The van der Waals surface area contributed by atoms with Crippen molar-refractivity contribution in [1.29, 1.82) is 0 Å². The van der Waals surface area contributed by atoms with Gasteiger partial charge in [0, 0.05) is 18.3 Å². The molecule has 2 aromatic carbocycles. The fourth-order valence-electron chi connectivity index (χ4n) is 6.92. The summed E-state index contributed by atoms with van der Waals surface area (Å²) in [6.45, 7) is 19.9. The molecule has 51 heavy (non-hydrogen) atoms. The Morgan fingerprint density at radius 1 is 1.04 bits per heavy atom. The highest BCUT2D eigenvalue weighted by molar-refractivity contribution is 6.05. The Bertz CT molecular complexity index is 2100. The average molecular weight is 692 g/mol. The molecule has 3 heterocycles. The van der Waals surface area contributed by atoms with Crippen molar-refractivity contribution < 1.29 is 28.6 Å². The minimum atomic E-state index is -0.789. The third kappa shape index (κ3) is 7.50. The highest BCUT2D eigenvalue weighted by atomic mass is 16.6. The third-order valence-corrected chi connectivity index (χ3v) is 9.30. The van der Waals surface area contributed by atoms with Gasteiger partial charge in [-0.05, 0) is 86.8 Å². The van der Waals surface area contributed by atoms with E-state index >= 15 is 0 Å². The lowest BCUT2D eigenvalue weighted by Gasteiger charge is -2.37. The number of aryl methyl sites for hydroxylation is 2. The average Bonchev–Trinajstić information content (AvgIpc) is 3.82. The molecule has 5 aromatic rings. The quantitative estimate of drug-likeness (QED) is 0.104. The van der Waals surface area contributed by atoms with Crippen molar-refractivity contribution >= 4 is 34.9 Å². The molecule has 0 bridgehead atoms. The maximum absolute atomic E-state index is 13.8. The molecule has 6 rings (SSSR count). The number of amides is 1. The Morgan fingerprint density at radius 3 is 2.41 bits per heavy atom. The topological polar surface area (TPSA) is 157 Å². The fourth-order valence-corrected chi connectivity index (χ4v) is 6.92. The predicted octanol–water partition coefficient (Wildman–Crippen LogP) is 7.00. The molecule has 3 unspecified atom stereocenters. The Kier molecular flexibility index (Phi) is 9.95. The molecule has 1 saturated carbocycles. The monoisotopic (exact) mass is 691 g/mol. The number of carbonyl (C=O) groups is 3. The number of fused-ring (bicyclic) bond motifs is 1. The van der Waals surface area contributed by atoms with Crippen LogP contribution in [0.1, 0.15) is 83.9 Å². The fraction of sp³-hybridized carbons (Fsp3) is 0.368. The van der Waals surface area contributed by atoms with E-state index in [0.717, 1.165) is 29.5 Å². The van der Waals surface area contributed by atoms with E-state index in [0.29, 0.717) is 29.6 Å². The lowest BCUT2D eigenvalue weighted by molar-refractivity contribution is -0.122. The molecule has 13 nitrogen and oxygen atoms in total. The number of nitrogens with zero attached hydrogens (tertiary/aromatic N) is 4. The molecule has 1 fully saturated rings. The largest absolute Gasteiger partial charge is 0.481 e. The molecular weight excluding hydrogens is 650 g/mol. The van der Waals surface area contributed by atoms with Crippen LogP contribution in [0, 0.1) is 38.2 Å². The van der Waals surface area contributed by atoms with Crippen molar-refractivity contribution in [1.82, 2.24) is 24.8 Å². The van der Waals surface area contributed by atoms with Gasteiger partial charge in [0.2, 0.25) is 5.88 Å². The molecule has 0 radical (unpaired) electrons. The first-order chi connectivity index (χ1) is 24.4. The van der Waals surface area contributed by atoms with Crippen molar-refractivity contribution in [2.45, 2.75) is 73.0 Å². The van der Waals surface area contributed by atoms with E-state index in [4.69, 9.17) is 20.8 Å². The zero-order valence-corrected chi connectivity index (χ0v) is 29.4. The van der Waals surface area contributed by atoms with Gasteiger partial charge in [0.15, 0.2) is 11.8 Å². The van der Waals surface area contributed by atoms with Gasteiger partial charge in [-0.2, -0.15) is 5.10 Å². The van der Waals surface area contributed by atoms with Crippen LogP contribution in [0.5, 0.6) is 11.6 Å². The highest BCUT2D eigenvalue weighted by Crippen LogP contribution is 2.40. The number of esters is 2. The van der Waals surface area contributed by atoms with Gasteiger partial charge in [-0.3, -0.25) is 15.0 Å². The molecule has 1 aliphatic carbocycles. The van der Waals surface area contributed by atoms with E-state index in [1.165, 1.54) is 16.8 Å². The summed E-state index contributed by atoms with van der Waals surface area (Å²) in [5, 5.41) is 12.3. The van der Waals surface area contributed by atoms with Crippen LogP contribution in [0.4, 0.5) is 11.4 Å². The van der Waals surface area contributed by atoms with Crippen molar-refractivity contribution in [3.8, 4) is 11.6 Å². The van der Waals surface area contributed by atoms with Crippen LogP contribution in [0.25, 0.3) is 10.5 Å². The number of hydrogen-bond acceptors (Lipinski definition) is 8. The Balaban J connectivity index is 1.23. The molecule has 13 heteroatoms. The zero-order chi connectivity index (χ0) is 36.4. The standard InChI is InChI=1S/C38H41N7O6/c1-20-8-13-29(22(3)16-20)49-25(6)35(46)41-27-11-9-26(10-12-27)19-30-42-34-31(38(48)50-33-23(4)17-21(2)18-24(33)5)32(39-7)36(45(34)44-30)51-37(47)28-14-15-40-43-28/h8-16,21,23-25,33H,17-19H2,1-6H3,(H,40,43)(H,41,46)(H,42,44). The van der Waals surface area contributed by atoms with Gasteiger partial charge in [-0.1, -0.05) is 50.6 Å². The lowest BCUT2D eigenvalue weighted by atomic mass is 9.75. The number of benzene rings is 2. The number of anilines is 1. The molecule has 0 saturated heterocycles. The Labute approximate surface area is 295 Å². The molecule has 0 aliphatic heterocycles. The van der Waals surface area contributed by atoms with E-state index in [9.17, 15) is 14.4 Å². The van der Waals surface area contributed by atoms with Crippen molar-refractivity contribution in [3.63, 3.8) is 0 Å². The molecule has 3 atom stereocenters. The third-order valence-electron chi connectivity index (χ3n) is 9.30.